The summed E-state index contributed by atoms with van der Waals surface area (Å²) in [5, 5.41) is 11.9. The highest BCUT2D eigenvalue weighted by Gasteiger charge is 2.36. The second kappa shape index (κ2) is 6.43. The van der Waals surface area contributed by atoms with E-state index in [1.807, 2.05) is 0 Å². The average molecular weight is 305 g/mol. The number of carboxylic acids is 1. The lowest BCUT2D eigenvalue weighted by molar-refractivity contribution is -0.147. The standard InChI is InChI=1S/C16H16FNO4/c1-16(15(20)21,12-3-5-13(17)6-4-12)18-14(19)7-2-11-8-9-22-10-11/h3-6,8-10H,2,7H2,1H3,(H,18,19)(H,20,21). The van der Waals surface area contributed by atoms with Crippen LogP contribution >= 0.6 is 0 Å². The second-order valence-corrected chi connectivity index (χ2v) is 5.12. The van der Waals surface area contributed by atoms with Gasteiger partial charge in [-0.15, -0.1) is 0 Å². The van der Waals surface area contributed by atoms with Crippen LogP contribution in [0.2, 0.25) is 0 Å². The van der Waals surface area contributed by atoms with Crippen molar-refractivity contribution in [3.63, 3.8) is 0 Å². The summed E-state index contributed by atoms with van der Waals surface area (Å²) in [6, 6.07) is 6.76. The van der Waals surface area contributed by atoms with Gasteiger partial charge in [0.05, 0.1) is 12.5 Å². The Morgan fingerprint density at radius 3 is 2.50 bits per heavy atom. The Kier molecular flexibility index (Phi) is 4.60. The molecule has 5 nitrogen and oxygen atoms in total. The third kappa shape index (κ3) is 3.52. The Labute approximate surface area is 126 Å². The average Bonchev–Trinajstić information content (AvgIpc) is 2.98. The summed E-state index contributed by atoms with van der Waals surface area (Å²) in [6.07, 6.45) is 3.61. The van der Waals surface area contributed by atoms with E-state index in [9.17, 15) is 19.1 Å². The third-order valence-corrected chi connectivity index (χ3v) is 3.46. The number of hydrogen-bond acceptors (Lipinski definition) is 3. The van der Waals surface area contributed by atoms with E-state index in [1.165, 1.54) is 31.6 Å². The van der Waals surface area contributed by atoms with Crippen LogP contribution < -0.4 is 5.32 Å². The van der Waals surface area contributed by atoms with Crippen LogP contribution in [0.4, 0.5) is 4.39 Å². The smallest absolute Gasteiger partial charge is 0.333 e. The molecule has 0 bridgehead atoms. The Bertz CT molecular complexity index is 651. The summed E-state index contributed by atoms with van der Waals surface area (Å²) >= 11 is 0. The first-order chi connectivity index (χ1) is 10.4. The topological polar surface area (TPSA) is 79.5 Å². The van der Waals surface area contributed by atoms with Gasteiger partial charge in [0, 0.05) is 6.42 Å². The van der Waals surface area contributed by atoms with Crippen molar-refractivity contribution in [3.05, 3.63) is 59.8 Å². The van der Waals surface area contributed by atoms with Crippen molar-refractivity contribution in [2.45, 2.75) is 25.3 Å². The van der Waals surface area contributed by atoms with Crippen molar-refractivity contribution in [3.8, 4) is 0 Å². The van der Waals surface area contributed by atoms with Crippen molar-refractivity contribution in [1.82, 2.24) is 5.32 Å². The highest BCUT2D eigenvalue weighted by molar-refractivity contribution is 5.87. The molecule has 116 valence electrons. The van der Waals surface area contributed by atoms with E-state index in [2.05, 4.69) is 5.32 Å². The molecule has 1 amide bonds. The molecule has 0 fully saturated rings. The van der Waals surface area contributed by atoms with Crippen molar-refractivity contribution in [2.24, 2.45) is 0 Å². The zero-order valence-electron chi connectivity index (χ0n) is 12.0. The Morgan fingerprint density at radius 2 is 1.95 bits per heavy atom. The van der Waals surface area contributed by atoms with Gasteiger partial charge in [-0.1, -0.05) is 12.1 Å². The third-order valence-electron chi connectivity index (χ3n) is 3.46. The minimum atomic E-state index is -1.61. The maximum Gasteiger partial charge on any atom is 0.333 e. The van der Waals surface area contributed by atoms with Gasteiger partial charge in [0.1, 0.15) is 5.82 Å². The molecule has 0 aliphatic carbocycles. The SMILES string of the molecule is CC(NC(=O)CCc1ccoc1)(C(=O)O)c1ccc(F)cc1. The number of amides is 1. The van der Waals surface area contributed by atoms with Crippen molar-refractivity contribution < 1.29 is 23.5 Å². The van der Waals surface area contributed by atoms with Crippen LogP contribution in [0.5, 0.6) is 0 Å². The molecule has 1 aromatic heterocycles. The van der Waals surface area contributed by atoms with E-state index in [0.29, 0.717) is 12.0 Å². The number of benzene rings is 1. The zero-order valence-corrected chi connectivity index (χ0v) is 12.0. The van der Waals surface area contributed by atoms with E-state index in [1.54, 1.807) is 6.07 Å². The van der Waals surface area contributed by atoms with E-state index in [-0.39, 0.29) is 6.42 Å². The fourth-order valence-corrected chi connectivity index (χ4v) is 2.07. The van der Waals surface area contributed by atoms with E-state index in [0.717, 1.165) is 17.7 Å². The molecule has 0 saturated heterocycles. The van der Waals surface area contributed by atoms with Gasteiger partial charge in [-0.25, -0.2) is 9.18 Å². The molecule has 0 spiro atoms. The molecule has 0 aliphatic rings. The molecule has 0 saturated carbocycles. The van der Waals surface area contributed by atoms with Crippen LogP contribution in [-0.2, 0) is 21.5 Å². The second-order valence-electron chi connectivity index (χ2n) is 5.12. The monoisotopic (exact) mass is 305 g/mol. The summed E-state index contributed by atoms with van der Waals surface area (Å²) in [5.74, 6) is -2.09. The molecule has 2 N–H and O–H groups in total. The number of carboxylic acid groups (broad SMARTS) is 1. The first-order valence-corrected chi connectivity index (χ1v) is 6.73. The largest absolute Gasteiger partial charge is 0.479 e. The number of carbonyl (C=O) groups is 2. The number of hydrogen-bond donors (Lipinski definition) is 2. The first kappa shape index (κ1) is 15.8. The minimum absolute atomic E-state index is 0.129. The molecular weight excluding hydrogens is 289 g/mol. The molecule has 1 heterocycles. The van der Waals surface area contributed by atoms with Gasteiger partial charge in [-0.2, -0.15) is 0 Å². The number of nitrogens with one attached hydrogen (secondary N) is 1. The number of furan rings is 1. The summed E-state index contributed by atoms with van der Waals surface area (Å²) in [4.78, 5) is 23.6. The molecular formula is C16H16FNO4. The van der Waals surface area contributed by atoms with Crippen LogP contribution in [0.3, 0.4) is 0 Å². The molecule has 2 aromatic rings. The fraction of sp³-hybridized carbons (Fsp3) is 0.250. The quantitative estimate of drug-likeness (QED) is 0.859. The first-order valence-electron chi connectivity index (χ1n) is 6.73. The number of halogens is 1. The van der Waals surface area contributed by atoms with Crippen LogP contribution in [-0.4, -0.2) is 17.0 Å². The van der Waals surface area contributed by atoms with Crippen LogP contribution in [0, 0.1) is 5.82 Å². The molecule has 2 rings (SSSR count). The van der Waals surface area contributed by atoms with Crippen molar-refractivity contribution in [2.75, 3.05) is 0 Å². The van der Waals surface area contributed by atoms with Crippen LogP contribution in [0.25, 0.3) is 0 Å². The van der Waals surface area contributed by atoms with Gasteiger partial charge in [0.15, 0.2) is 5.54 Å². The Hall–Kier alpha value is -2.63. The maximum atomic E-state index is 13.0. The number of aliphatic carboxylic acids is 1. The predicted octanol–water partition coefficient (Wildman–Crippen LogP) is 2.47. The fourth-order valence-electron chi connectivity index (χ4n) is 2.07. The summed E-state index contributed by atoms with van der Waals surface area (Å²) in [6.45, 7) is 1.37. The molecule has 1 unspecified atom stereocenters. The zero-order chi connectivity index (χ0) is 16.2. The number of rotatable bonds is 6. The minimum Gasteiger partial charge on any atom is -0.479 e. The predicted molar refractivity (Wildman–Crippen MR) is 76.6 cm³/mol. The lowest BCUT2D eigenvalue weighted by atomic mass is 9.91. The van der Waals surface area contributed by atoms with Gasteiger partial charge < -0.3 is 14.8 Å². The summed E-state index contributed by atoms with van der Waals surface area (Å²) in [5.41, 5.74) is -0.451. The molecule has 0 aliphatic heterocycles. The molecule has 0 radical (unpaired) electrons. The number of carbonyl (C=O) groups excluding carboxylic acids is 1. The highest BCUT2D eigenvalue weighted by Crippen LogP contribution is 2.22. The van der Waals surface area contributed by atoms with Crippen LogP contribution in [0.15, 0.2) is 47.3 Å². The van der Waals surface area contributed by atoms with Crippen LogP contribution in [0.1, 0.15) is 24.5 Å². The van der Waals surface area contributed by atoms with E-state index >= 15 is 0 Å². The van der Waals surface area contributed by atoms with Gasteiger partial charge in [-0.05, 0) is 42.7 Å². The molecule has 1 atom stereocenters. The van der Waals surface area contributed by atoms with Gasteiger partial charge in [-0.3, -0.25) is 4.79 Å². The Balaban J connectivity index is 2.09. The molecule has 1 aromatic carbocycles. The summed E-state index contributed by atoms with van der Waals surface area (Å²) < 4.78 is 17.9. The normalized spacial score (nSPS) is 13.4. The van der Waals surface area contributed by atoms with E-state index < -0.39 is 23.2 Å². The summed E-state index contributed by atoms with van der Waals surface area (Å²) in [7, 11) is 0. The van der Waals surface area contributed by atoms with Gasteiger partial charge >= 0.3 is 5.97 Å². The Morgan fingerprint density at radius 1 is 1.27 bits per heavy atom. The molecule has 6 heteroatoms. The molecule has 22 heavy (non-hydrogen) atoms. The lowest BCUT2D eigenvalue weighted by Gasteiger charge is -2.26. The van der Waals surface area contributed by atoms with Crippen molar-refractivity contribution in [1.29, 1.82) is 0 Å². The van der Waals surface area contributed by atoms with Crippen molar-refractivity contribution >= 4 is 11.9 Å². The van der Waals surface area contributed by atoms with Gasteiger partial charge in [0.2, 0.25) is 5.91 Å². The van der Waals surface area contributed by atoms with E-state index in [4.69, 9.17) is 4.42 Å². The maximum absolute atomic E-state index is 13.0. The lowest BCUT2D eigenvalue weighted by Crippen LogP contribution is -2.49. The highest BCUT2D eigenvalue weighted by atomic mass is 19.1. The number of aryl methyl sites for hydroxylation is 1. The van der Waals surface area contributed by atoms with Gasteiger partial charge in [0.25, 0.3) is 0 Å².